The van der Waals surface area contributed by atoms with Gasteiger partial charge in [0.2, 0.25) is 0 Å². The van der Waals surface area contributed by atoms with Crippen molar-refractivity contribution >= 4 is 43.9 Å². The zero-order chi connectivity index (χ0) is 35.8. The molecule has 54 heavy (non-hydrogen) atoms. The van der Waals surface area contributed by atoms with Crippen molar-refractivity contribution in [3.05, 3.63) is 217 Å². The minimum Gasteiger partial charge on any atom is -0.359 e. The first kappa shape index (κ1) is 31.6. The standard InChI is InChI=1S/C51H35N3/c1-3-10-40-28-43(26-18-34(40)8-1)36-16-24-39(25-17-36)51-53-49(38-22-20-37(21-23-38)48-33-52-32-46-12-5-6-15-47(46)48)31-50(54-51)45-14-7-13-42(30-45)44-27-19-35-9-2-4-11-41(35)29-44/h1-33,50H,(H,53,54). The van der Waals surface area contributed by atoms with E-state index in [-0.39, 0.29) is 6.04 Å². The van der Waals surface area contributed by atoms with Gasteiger partial charge < -0.3 is 5.32 Å². The van der Waals surface area contributed by atoms with Gasteiger partial charge in [-0.3, -0.25) is 4.98 Å². The number of pyridine rings is 1. The molecule has 1 aliphatic rings. The summed E-state index contributed by atoms with van der Waals surface area (Å²) < 4.78 is 0. The van der Waals surface area contributed by atoms with E-state index in [2.05, 4.69) is 198 Å². The number of hydrogen-bond donors (Lipinski definition) is 1. The van der Waals surface area contributed by atoms with E-state index in [4.69, 9.17) is 4.99 Å². The van der Waals surface area contributed by atoms with Gasteiger partial charge in [-0.1, -0.05) is 164 Å². The van der Waals surface area contributed by atoms with E-state index in [0.29, 0.717) is 0 Å². The van der Waals surface area contributed by atoms with Crippen LogP contribution in [0.4, 0.5) is 0 Å². The van der Waals surface area contributed by atoms with Gasteiger partial charge in [-0.2, -0.15) is 0 Å². The Morgan fingerprint density at radius 2 is 0.944 bits per heavy atom. The predicted octanol–water partition coefficient (Wildman–Crippen LogP) is 12.7. The number of rotatable bonds is 6. The molecule has 1 unspecified atom stereocenters. The summed E-state index contributed by atoms with van der Waals surface area (Å²) in [5.74, 6) is 0.848. The average Bonchev–Trinajstić information content (AvgIpc) is 3.26. The zero-order valence-corrected chi connectivity index (χ0v) is 29.5. The molecule has 0 amide bonds. The van der Waals surface area contributed by atoms with Gasteiger partial charge in [-0.05, 0) is 90.2 Å². The van der Waals surface area contributed by atoms with Crippen molar-refractivity contribution in [3.63, 3.8) is 0 Å². The van der Waals surface area contributed by atoms with Crippen LogP contribution < -0.4 is 5.32 Å². The van der Waals surface area contributed by atoms with Crippen molar-refractivity contribution in [1.82, 2.24) is 10.3 Å². The number of fused-ring (bicyclic) bond motifs is 3. The maximum Gasteiger partial charge on any atom is 0.134 e. The van der Waals surface area contributed by atoms with Gasteiger partial charge in [0, 0.05) is 28.9 Å². The molecule has 1 N–H and O–H groups in total. The molecule has 1 atom stereocenters. The molecule has 9 aromatic rings. The molecule has 1 aromatic heterocycles. The lowest BCUT2D eigenvalue weighted by atomic mass is 9.95. The van der Waals surface area contributed by atoms with Gasteiger partial charge in [-0.25, -0.2) is 4.99 Å². The van der Waals surface area contributed by atoms with Crippen molar-refractivity contribution < 1.29 is 0 Å². The molecule has 0 radical (unpaired) electrons. The van der Waals surface area contributed by atoms with Crippen LogP contribution in [0.3, 0.4) is 0 Å². The van der Waals surface area contributed by atoms with Gasteiger partial charge in [0.25, 0.3) is 0 Å². The minimum atomic E-state index is -0.0879. The lowest BCUT2D eigenvalue weighted by Gasteiger charge is -2.25. The fraction of sp³-hybridized carbons (Fsp3) is 0.0196. The van der Waals surface area contributed by atoms with E-state index in [1.807, 2.05) is 12.4 Å². The number of nitrogens with one attached hydrogen (secondary N) is 1. The molecule has 0 spiro atoms. The highest BCUT2D eigenvalue weighted by Crippen LogP contribution is 2.34. The number of aromatic nitrogens is 1. The van der Waals surface area contributed by atoms with Gasteiger partial charge in [-0.15, -0.1) is 0 Å². The van der Waals surface area contributed by atoms with Gasteiger partial charge in [0.1, 0.15) is 5.84 Å². The van der Waals surface area contributed by atoms with Gasteiger partial charge in [0.15, 0.2) is 0 Å². The Bertz CT molecular complexity index is 2900. The number of hydrogen-bond acceptors (Lipinski definition) is 3. The molecular formula is C51H35N3. The SMILES string of the molecule is C1=C(c2ccc(-c3cncc4ccccc34)cc2)N=C(c2ccc(-c3ccc4ccccc4c3)cc2)NC1c1cccc(-c2ccc3ccccc3c2)c1. The second-order valence-corrected chi connectivity index (χ2v) is 13.9. The van der Waals surface area contributed by atoms with Crippen LogP contribution in [0.15, 0.2) is 205 Å². The summed E-state index contributed by atoms with van der Waals surface area (Å²) in [6, 6.07) is 65.1. The fourth-order valence-electron chi connectivity index (χ4n) is 7.66. The van der Waals surface area contributed by atoms with Crippen molar-refractivity contribution in [2.75, 3.05) is 0 Å². The fourth-order valence-corrected chi connectivity index (χ4v) is 7.66. The van der Waals surface area contributed by atoms with E-state index in [1.165, 1.54) is 54.7 Å². The number of benzene rings is 8. The highest BCUT2D eigenvalue weighted by molar-refractivity contribution is 6.04. The lowest BCUT2D eigenvalue weighted by Crippen LogP contribution is -2.31. The maximum atomic E-state index is 5.26. The molecule has 3 nitrogen and oxygen atoms in total. The number of aliphatic imine (C=N–C) groups is 1. The average molecular weight is 690 g/mol. The zero-order valence-electron chi connectivity index (χ0n) is 29.5. The van der Waals surface area contributed by atoms with Crippen LogP contribution in [-0.2, 0) is 0 Å². The summed E-state index contributed by atoms with van der Waals surface area (Å²) in [5, 5.41) is 11.1. The van der Waals surface area contributed by atoms with Gasteiger partial charge >= 0.3 is 0 Å². The van der Waals surface area contributed by atoms with Crippen molar-refractivity contribution in [1.29, 1.82) is 0 Å². The third-order valence-corrected chi connectivity index (χ3v) is 10.6. The van der Waals surface area contributed by atoms with Crippen LogP contribution in [0.5, 0.6) is 0 Å². The number of amidine groups is 1. The second-order valence-electron chi connectivity index (χ2n) is 13.9. The first-order valence-electron chi connectivity index (χ1n) is 18.4. The summed E-state index contributed by atoms with van der Waals surface area (Å²) in [5.41, 5.74) is 11.2. The van der Waals surface area contributed by atoms with Crippen LogP contribution >= 0.6 is 0 Å². The molecule has 1 aliphatic heterocycles. The van der Waals surface area contributed by atoms with Crippen LogP contribution in [0.1, 0.15) is 22.7 Å². The Hall–Kier alpha value is -7.10. The van der Waals surface area contributed by atoms with E-state index >= 15 is 0 Å². The summed E-state index contributed by atoms with van der Waals surface area (Å²) in [4.78, 5) is 9.79. The molecule has 0 saturated heterocycles. The molecule has 254 valence electrons. The van der Waals surface area contributed by atoms with E-state index in [0.717, 1.165) is 39.2 Å². The summed E-state index contributed by atoms with van der Waals surface area (Å²) in [6.07, 6.45) is 6.13. The van der Waals surface area contributed by atoms with Crippen molar-refractivity contribution in [2.45, 2.75) is 6.04 Å². The quantitative estimate of drug-likeness (QED) is 0.189. The largest absolute Gasteiger partial charge is 0.359 e. The Morgan fingerprint density at radius 1 is 0.389 bits per heavy atom. The molecular weight excluding hydrogens is 655 g/mol. The van der Waals surface area contributed by atoms with Crippen LogP contribution in [0, 0.1) is 0 Å². The van der Waals surface area contributed by atoms with E-state index in [1.54, 1.807) is 0 Å². The summed E-state index contributed by atoms with van der Waals surface area (Å²) >= 11 is 0. The molecule has 0 fully saturated rings. The van der Waals surface area contributed by atoms with Crippen molar-refractivity contribution in [2.24, 2.45) is 4.99 Å². The minimum absolute atomic E-state index is 0.0879. The molecule has 10 rings (SSSR count). The normalized spacial score (nSPS) is 14.1. The van der Waals surface area contributed by atoms with Crippen molar-refractivity contribution in [3.8, 4) is 33.4 Å². The Kier molecular flexibility index (Phi) is 7.88. The van der Waals surface area contributed by atoms with Crippen LogP contribution in [-0.4, -0.2) is 10.8 Å². The third kappa shape index (κ3) is 6.02. The molecule has 2 heterocycles. The van der Waals surface area contributed by atoms with E-state index in [9.17, 15) is 0 Å². The first-order valence-corrected chi connectivity index (χ1v) is 18.4. The molecule has 0 aliphatic carbocycles. The van der Waals surface area contributed by atoms with E-state index < -0.39 is 0 Å². The molecule has 0 saturated carbocycles. The maximum absolute atomic E-state index is 5.26. The molecule has 3 heteroatoms. The highest BCUT2D eigenvalue weighted by atomic mass is 15.0. The Balaban J connectivity index is 1.02. The monoisotopic (exact) mass is 689 g/mol. The topological polar surface area (TPSA) is 37.3 Å². The third-order valence-electron chi connectivity index (χ3n) is 10.6. The highest BCUT2D eigenvalue weighted by Gasteiger charge is 2.21. The summed E-state index contributed by atoms with van der Waals surface area (Å²) in [7, 11) is 0. The predicted molar refractivity (Wildman–Crippen MR) is 226 cm³/mol. The molecule has 8 aromatic carbocycles. The second kappa shape index (κ2) is 13.5. The Labute approximate surface area is 314 Å². The Morgan fingerprint density at radius 3 is 1.67 bits per heavy atom. The first-order chi connectivity index (χ1) is 26.7. The van der Waals surface area contributed by atoms with Crippen LogP contribution in [0.25, 0.3) is 71.4 Å². The molecule has 0 bridgehead atoms. The number of nitrogens with zero attached hydrogens (tertiary/aromatic N) is 2. The lowest BCUT2D eigenvalue weighted by molar-refractivity contribution is 0.781. The van der Waals surface area contributed by atoms with Gasteiger partial charge in [0.05, 0.1) is 11.7 Å². The van der Waals surface area contributed by atoms with Crippen LogP contribution in [0.2, 0.25) is 0 Å². The summed E-state index contributed by atoms with van der Waals surface area (Å²) in [6.45, 7) is 0. The smallest absolute Gasteiger partial charge is 0.134 e.